The summed E-state index contributed by atoms with van der Waals surface area (Å²) in [6.45, 7) is 2.04. The number of aromatic nitrogens is 2. The summed E-state index contributed by atoms with van der Waals surface area (Å²) in [7, 11) is 0. The number of nitrogens with zero attached hydrogens (tertiary/aromatic N) is 2. The van der Waals surface area contributed by atoms with Crippen molar-refractivity contribution in [1.82, 2.24) is 9.97 Å². The van der Waals surface area contributed by atoms with Crippen LogP contribution in [0.1, 0.15) is 13.3 Å². The van der Waals surface area contributed by atoms with Crippen molar-refractivity contribution in [2.75, 3.05) is 11.9 Å². The predicted octanol–water partition coefficient (Wildman–Crippen LogP) is 2.08. The highest BCUT2D eigenvalue weighted by molar-refractivity contribution is 9.10. The number of aliphatic hydroxyl groups is 1. The van der Waals surface area contributed by atoms with E-state index in [1.807, 2.05) is 6.92 Å². The molecule has 1 unspecified atom stereocenters. The van der Waals surface area contributed by atoms with Gasteiger partial charge < -0.3 is 10.4 Å². The first-order valence-corrected chi connectivity index (χ1v) is 5.40. The first kappa shape index (κ1) is 11.7. The minimum absolute atomic E-state index is 0.0164. The van der Waals surface area contributed by atoms with Crippen LogP contribution in [-0.2, 0) is 0 Å². The average molecular weight is 281 g/mol. The quantitative estimate of drug-likeness (QED) is 0.829. The molecule has 0 aliphatic carbocycles. The molecule has 0 radical (unpaired) electrons. The highest BCUT2D eigenvalue weighted by Crippen LogP contribution is 2.21. The molecular formula is C8H11BrClN3O. The third kappa shape index (κ3) is 3.08. The van der Waals surface area contributed by atoms with Crippen LogP contribution in [0.2, 0.25) is 5.28 Å². The summed E-state index contributed by atoms with van der Waals surface area (Å²) < 4.78 is 0.730. The van der Waals surface area contributed by atoms with Gasteiger partial charge in [0.25, 0.3) is 0 Å². The predicted molar refractivity (Wildman–Crippen MR) is 59.5 cm³/mol. The molecule has 0 saturated carbocycles. The van der Waals surface area contributed by atoms with E-state index in [1.165, 1.54) is 0 Å². The van der Waals surface area contributed by atoms with E-state index in [2.05, 4.69) is 31.2 Å². The molecule has 1 aromatic heterocycles. The van der Waals surface area contributed by atoms with Gasteiger partial charge in [-0.3, -0.25) is 0 Å². The Labute approximate surface area is 95.8 Å². The molecule has 0 amide bonds. The Kier molecular flexibility index (Phi) is 4.57. The van der Waals surface area contributed by atoms with Crippen LogP contribution in [0.15, 0.2) is 10.7 Å². The molecule has 1 atom stereocenters. The van der Waals surface area contributed by atoms with Crippen LogP contribution in [0.3, 0.4) is 0 Å². The van der Waals surface area contributed by atoms with E-state index in [1.54, 1.807) is 6.20 Å². The second-order valence-corrected chi connectivity index (χ2v) is 3.96. The highest BCUT2D eigenvalue weighted by atomic mass is 79.9. The lowest BCUT2D eigenvalue weighted by molar-refractivity contribution is 0.271. The largest absolute Gasteiger partial charge is 0.394 e. The smallest absolute Gasteiger partial charge is 0.224 e. The molecule has 6 heteroatoms. The summed E-state index contributed by atoms with van der Waals surface area (Å²) in [6.07, 6.45) is 2.38. The van der Waals surface area contributed by atoms with Gasteiger partial charge in [-0.2, -0.15) is 4.98 Å². The van der Waals surface area contributed by atoms with Gasteiger partial charge in [0.1, 0.15) is 5.82 Å². The molecule has 1 rings (SSSR count). The first-order chi connectivity index (χ1) is 6.67. The van der Waals surface area contributed by atoms with Crippen LogP contribution in [0, 0.1) is 0 Å². The molecule has 1 heterocycles. The number of anilines is 1. The first-order valence-electron chi connectivity index (χ1n) is 4.22. The second kappa shape index (κ2) is 5.48. The van der Waals surface area contributed by atoms with E-state index in [4.69, 9.17) is 16.7 Å². The van der Waals surface area contributed by atoms with E-state index in [-0.39, 0.29) is 17.9 Å². The van der Waals surface area contributed by atoms with Crippen LogP contribution in [0.25, 0.3) is 0 Å². The van der Waals surface area contributed by atoms with Gasteiger partial charge in [-0.05, 0) is 34.0 Å². The van der Waals surface area contributed by atoms with Crippen LogP contribution < -0.4 is 5.32 Å². The van der Waals surface area contributed by atoms with Gasteiger partial charge in [-0.1, -0.05) is 6.92 Å². The van der Waals surface area contributed by atoms with E-state index in [0.29, 0.717) is 5.82 Å². The molecule has 0 saturated heterocycles. The molecule has 0 fully saturated rings. The zero-order valence-electron chi connectivity index (χ0n) is 7.67. The Morgan fingerprint density at radius 2 is 2.43 bits per heavy atom. The van der Waals surface area contributed by atoms with Crippen molar-refractivity contribution in [2.45, 2.75) is 19.4 Å². The third-order valence-electron chi connectivity index (χ3n) is 1.77. The van der Waals surface area contributed by atoms with E-state index >= 15 is 0 Å². The summed E-state index contributed by atoms with van der Waals surface area (Å²) in [5.74, 6) is 0.603. The van der Waals surface area contributed by atoms with Crippen molar-refractivity contribution in [3.63, 3.8) is 0 Å². The summed E-state index contributed by atoms with van der Waals surface area (Å²) in [5, 5.41) is 12.2. The fraction of sp³-hybridized carbons (Fsp3) is 0.500. The molecule has 14 heavy (non-hydrogen) atoms. The van der Waals surface area contributed by atoms with E-state index in [0.717, 1.165) is 10.9 Å². The van der Waals surface area contributed by atoms with Gasteiger partial charge in [-0.15, -0.1) is 0 Å². The second-order valence-electron chi connectivity index (χ2n) is 2.77. The Bertz CT molecular complexity index is 307. The zero-order chi connectivity index (χ0) is 10.6. The minimum Gasteiger partial charge on any atom is -0.394 e. The number of rotatable bonds is 4. The molecular weight excluding hydrogens is 269 g/mol. The van der Waals surface area contributed by atoms with Crippen molar-refractivity contribution in [3.8, 4) is 0 Å². The maximum atomic E-state index is 8.99. The molecule has 1 aromatic rings. The summed E-state index contributed by atoms with van der Waals surface area (Å²) in [6, 6.07) is -0.0164. The fourth-order valence-corrected chi connectivity index (χ4v) is 1.36. The molecule has 2 N–H and O–H groups in total. The highest BCUT2D eigenvalue weighted by Gasteiger charge is 2.08. The summed E-state index contributed by atoms with van der Waals surface area (Å²) >= 11 is 8.93. The number of aliphatic hydroxyl groups excluding tert-OH is 1. The fourth-order valence-electron chi connectivity index (χ4n) is 0.917. The van der Waals surface area contributed by atoms with Crippen LogP contribution in [-0.4, -0.2) is 27.7 Å². The van der Waals surface area contributed by atoms with Gasteiger partial charge in [0.05, 0.1) is 17.1 Å². The number of nitrogens with one attached hydrogen (secondary N) is 1. The lowest BCUT2D eigenvalue weighted by Gasteiger charge is -2.15. The maximum absolute atomic E-state index is 8.99. The van der Waals surface area contributed by atoms with Gasteiger partial charge in [-0.25, -0.2) is 4.98 Å². The summed E-state index contributed by atoms with van der Waals surface area (Å²) in [5.41, 5.74) is 0. The van der Waals surface area contributed by atoms with Crippen molar-refractivity contribution in [1.29, 1.82) is 0 Å². The van der Waals surface area contributed by atoms with Crippen molar-refractivity contribution < 1.29 is 5.11 Å². The Balaban J connectivity index is 2.79. The number of hydrogen-bond donors (Lipinski definition) is 2. The number of halogens is 2. The third-order valence-corrected chi connectivity index (χ3v) is 2.53. The van der Waals surface area contributed by atoms with E-state index < -0.39 is 0 Å². The number of hydrogen-bond acceptors (Lipinski definition) is 4. The molecule has 0 aromatic carbocycles. The van der Waals surface area contributed by atoms with Crippen LogP contribution in [0.4, 0.5) is 5.82 Å². The molecule has 78 valence electrons. The molecule has 4 nitrogen and oxygen atoms in total. The minimum atomic E-state index is -0.0164. The topological polar surface area (TPSA) is 58.0 Å². The van der Waals surface area contributed by atoms with Gasteiger partial charge in [0, 0.05) is 6.20 Å². The Morgan fingerprint density at radius 1 is 1.71 bits per heavy atom. The molecule has 0 aliphatic rings. The molecule has 0 aliphatic heterocycles. The lowest BCUT2D eigenvalue weighted by Crippen LogP contribution is -2.23. The van der Waals surface area contributed by atoms with Crippen LogP contribution in [0.5, 0.6) is 0 Å². The van der Waals surface area contributed by atoms with Crippen molar-refractivity contribution >= 4 is 33.3 Å². The summed E-state index contributed by atoms with van der Waals surface area (Å²) in [4.78, 5) is 7.80. The van der Waals surface area contributed by atoms with Gasteiger partial charge >= 0.3 is 0 Å². The monoisotopic (exact) mass is 279 g/mol. The van der Waals surface area contributed by atoms with Crippen LogP contribution >= 0.6 is 27.5 Å². The van der Waals surface area contributed by atoms with Crippen molar-refractivity contribution in [3.05, 3.63) is 16.0 Å². The molecule has 0 bridgehead atoms. The normalized spacial score (nSPS) is 12.6. The maximum Gasteiger partial charge on any atom is 0.224 e. The Morgan fingerprint density at radius 3 is 3.00 bits per heavy atom. The SMILES string of the molecule is CCC(CO)Nc1nc(Cl)ncc1Br. The Hall–Kier alpha value is -0.390. The van der Waals surface area contributed by atoms with Gasteiger partial charge in [0.15, 0.2) is 0 Å². The van der Waals surface area contributed by atoms with Gasteiger partial charge in [0.2, 0.25) is 5.28 Å². The standard InChI is InChI=1S/C8H11BrClN3O/c1-2-5(4-14)12-7-6(9)3-11-8(10)13-7/h3,5,14H,2,4H2,1H3,(H,11,12,13). The lowest BCUT2D eigenvalue weighted by atomic mass is 10.2. The van der Waals surface area contributed by atoms with E-state index in [9.17, 15) is 0 Å². The average Bonchev–Trinajstić information content (AvgIpc) is 2.19. The zero-order valence-corrected chi connectivity index (χ0v) is 10.0. The molecule has 0 spiro atoms. The van der Waals surface area contributed by atoms with Crippen molar-refractivity contribution in [2.24, 2.45) is 0 Å².